The third kappa shape index (κ3) is 3.67. The maximum absolute atomic E-state index is 13.0. The van der Waals surface area contributed by atoms with Gasteiger partial charge in [0.15, 0.2) is 0 Å². The lowest BCUT2D eigenvalue weighted by molar-refractivity contribution is 0.590. The van der Waals surface area contributed by atoms with Gasteiger partial charge in [-0.2, -0.15) is 0 Å². The van der Waals surface area contributed by atoms with Crippen LogP contribution in [0.3, 0.4) is 0 Å². The number of rotatable bonds is 4. The molecule has 0 aliphatic rings. The van der Waals surface area contributed by atoms with Crippen LogP contribution in [0.1, 0.15) is 32.8 Å². The van der Waals surface area contributed by atoms with Gasteiger partial charge < -0.3 is 5.73 Å². The van der Waals surface area contributed by atoms with Crippen molar-refractivity contribution in [3.8, 4) is 11.4 Å². The Labute approximate surface area is 158 Å². The largest absolute Gasteiger partial charge is 0.330 e. The molecule has 0 aliphatic heterocycles. The van der Waals surface area contributed by atoms with Crippen LogP contribution in [0.15, 0.2) is 47.3 Å². The standard InChI is InChI=1S/C21H24ClN3O/c1-21(2,3)15-7-5-14(6-8-15)19-24-18-13-16(22)9-10-17(18)20(26)25(19)12-4-11-23/h5-10,13H,4,11-12,23H2,1-3H3. The maximum atomic E-state index is 13.0. The highest BCUT2D eigenvalue weighted by Crippen LogP contribution is 2.26. The SMILES string of the molecule is CC(C)(C)c1ccc(-c2nc3cc(Cl)ccc3c(=O)n2CCCN)cc1. The number of benzene rings is 2. The van der Waals surface area contributed by atoms with E-state index in [4.69, 9.17) is 22.3 Å². The van der Waals surface area contributed by atoms with Crippen LogP contribution in [0.25, 0.3) is 22.3 Å². The van der Waals surface area contributed by atoms with E-state index >= 15 is 0 Å². The van der Waals surface area contributed by atoms with Crippen LogP contribution in [0, 0.1) is 0 Å². The molecule has 0 saturated carbocycles. The van der Waals surface area contributed by atoms with Crippen molar-refractivity contribution >= 4 is 22.5 Å². The van der Waals surface area contributed by atoms with Crippen LogP contribution in [0.5, 0.6) is 0 Å². The average molecular weight is 370 g/mol. The van der Waals surface area contributed by atoms with Gasteiger partial charge in [-0.3, -0.25) is 9.36 Å². The molecule has 3 rings (SSSR count). The Kier molecular flexibility index (Phi) is 5.17. The Morgan fingerprint density at radius 2 is 1.81 bits per heavy atom. The normalized spacial score (nSPS) is 11.9. The van der Waals surface area contributed by atoms with E-state index in [-0.39, 0.29) is 11.0 Å². The second-order valence-electron chi connectivity index (χ2n) is 7.52. The summed E-state index contributed by atoms with van der Waals surface area (Å²) in [5, 5.41) is 1.14. The summed E-state index contributed by atoms with van der Waals surface area (Å²) >= 11 is 6.10. The minimum absolute atomic E-state index is 0.0602. The third-order valence-corrected chi connectivity index (χ3v) is 4.75. The number of halogens is 1. The second-order valence-corrected chi connectivity index (χ2v) is 7.96. The van der Waals surface area contributed by atoms with Gasteiger partial charge in [0, 0.05) is 17.1 Å². The zero-order valence-corrected chi connectivity index (χ0v) is 16.2. The molecular formula is C21H24ClN3O. The predicted octanol–water partition coefficient (Wildman–Crippen LogP) is 4.36. The molecule has 1 heterocycles. The topological polar surface area (TPSA) is 60.9 Å². The molecule has 0 spiro atoms. The molecule has 0 bridgehead atoms. The molecule has 136 valence electrons. The first kappa shape index (κ1) is 18.6. The lowest BCUT2D eigenvalue weighted by Crippen LogP contribution is -2.24. The van der Waals surface area contributed by atoms with E-state index in [9.17, 15) is 4.79 Å². The monoisotopic (exact) mass is 369 g/mol. The summed E-state index contributed by atoms with van der Waals surface area (Å²) in [6.07, 6.45) is 0.716. The molecule has 0 radical (unpaired) electrons. The zero-order valence-electron chi connectivity index (χ0n) is 15.4. The summed E-state index contributed by atoms with van der Waals surface area (Å²) in [5.74, 6) is 0.652. The molecule has 2 N–H and O–H groups in total. The third-order valence-electron chi connectivity index (χ3n) is 4.51. The van der Waals surface area contributed by atoms with Gasteiger partial charge in [0.05, 0.1) is 10.9 Å². The van der Waals surface area contributed by atoms with Crippen LogP contribution in [0.2, 0.25) is 5.02 Å². The number of aromatic nitrogens is 2. The van der Waals surface area contributed by atoms with Gasteiger partial charge in [-0.15, -0.1) is 0 Å². The first-order chi connectivity index (χ1) is 12.3. The van der Waals surface area contributed by atoms with E-state index in [0.717, 1.165) is 5.56 Å². The molecule has 0 saturated heterocycles. The Morgan fingerprint density at radius 3 is 2.42 bits per heavy atom. The van der Waals surface area contributed by atoms with Crippen molar-refractivity contribution in [2.75, 3.05) is 6.54 Å². The summed E-state index contributed by atoms with van der Waals surface area (Å²) in [6.45, 7) is 7.59. The Bertz CT molecular complexity index is 985. The van der Waals surface area contributed by atoms with Crippen molar-refractivity contribution in [3.63, 3.8) is 0 Å². The summed E-state index contributed by atoms with van der Waals surface area (Å²) < 4.78 is 1.72. The molecule has 0 unspecified atom stereocenters. The molecular weight excluding hydrogens is 346 g/mol. The second kappa shape index (κ2) is 7.22. The van der Waals surface area contributed by atoms with E-state index in [2.05, 4.69) is 32.9 Å². The molecule has 0 aliphatic carbocycles. The van der Waals surface area contributed by atoms with Crippen LogP contribution in [-0.4, -0.2) is 16.1 Å². The van der Waals surface area contributed by atoms with Crippen LogP contribution in [0.4, 0.5) is 0 Å². The van der Waals surface area contributed by atoms with E-state index in [0.29, 0.717) is 41.3 Å². The van der Waals surface area contributed by atoms with E-state index in [1.54, 1.807) is 22.8 Å². The predicted molar refractivity (Wildman–Crippen MR) is 109 cm³/mol. The Morgan fingerprint density at radius 1 is 1.12 bits per heavy atom. The molecule has 3 aromatic rings. The maximum Gasteiger partial charge on any atom is 0.261 e. The number of hydrogen-bond acceptors (Lipinski definition) is 3. The zero-order chi connectivity index (χ0) is 18.9. The van der Waals surface area contributed by atoms with E-state index in [1.165, 1.54) is 5.56 Å². The molecule has 4 nitrogen and oxygen atoms in total. The summed E-state index contributed by atoms with van der Waals surface area (Å²) in [7, 11) is 0. The highest BCUT2D eigenvalue weighted by atomic mass is 35.5. The van der Waals surface area contributed by atoms with E-state index < -0.39 is 0 Å². The van der Waals surface area contributed by atoms with Crippen molar-refractivity contribution in [1.29, 1.82) is 0 Å². The van der Waals surface area contributed by atoms with Crippen molar-refractivity contribution < 1.29 is 0 Å². The van der Waals surface area contributed by atoms with Gasteiger partial charge in [0.1, 0.15) is 5.82 Å². The molecule has 0 fully saturated rings. The van der Waals surface area contributed by atoms with Crippen LogP contribution in [-0.2, 0) is 12.0 Å². The van der Waals surface area contributed by atoms with Gasteiger partial charge in [0.2, 0.25) is 0 Å². The average Bonchev–Trinajstić information content (AvgIpc) is 2.60. The molecule has 1 aromatic heterocycles. The minimum atomic E-state index is -0.0602. The highest BCUT2D eigenvalue weighted by molar-refractivity contribution is 6.31. The summed E-state index contributed by atoms with van der Waals surface area (Å²) in [5.41, 5.74) is 8.43. The van der Waals surface area contributed by atoms with Crippen LogP contribution < -0.4 is 11.3 Å². The van der Waals surface area contributed by atoms with E-state index in [1.807, 2.05) is 12.1 Å². The molecule has 0 atom stereocenters. The lowest BCUT2D eigenvalue weighted by Gasteiger charge is -2.20. The summed E-state index contributed by atoms with van der Waals surface area (Å²) in [4.78, 5) is 17.8. The first-order valence-corrected chi connectivity index (χ1v) is 9.20. The van der Waals surface area contributed by atoms with Crippen LogP contribution >= 0.6 is 11.6 Å². The summed E-state index contributed by atoms with van der Waals surface area (Å²) in [6, 6.07) is 13.4. The quantitative estimate of drug-likeness (QED) is 0.743. The molecule has 2 aromatic carbocycles. The number of nitrogens with zero attached hydrogens (tertiary/aromatic N) is 2. The van der Waals surface area contributed by atoms with Gasteiger partial charge >= 0.3 is 0 Å². The van der Waals surface area contributed by atoms with Crippen molar-refractivity contribution in [1.82, 2.24) is 9.55 Å². The number of hydrogen-bond donors (Lipinski definition) is 1. The van der Waals surface area contributed by atoms with Gasteiger partial charge in [-0.05, 0) is 42.1 Å². The fourth-order valence-corrected chi connectivity index (χ4v) is 3.16. The minimum Gasteiger partial charge on any atom is -0.330 e. The fourth-order valence-electron chi connectivity index (χ4n) is 2.99. The van der Waals surface area contributed by atoms with Crippen molar-refractivity contribution in [2.24, 2.45) is 5.73 Å². The lowest BCUT2D eigenvalue weighted by atomic mass is 9.86. The van der Waals surface area contributed by atoms with Gasteiger partial charge in [-0.1, -0.05) is 56.6 Å². The molecule has 0 amide bonds. The smallest absolute Gasteiger partial charge is 0.261 e. The Balaban J connectivity index is 2.21. The number of fused-ring (bicyclic) bond motifs is 1. The molecule has 26 heavy (non-hydrogen) atoms. The fraction of sp³-hybridized carbons (Fsp3) is 0.333. The van der Waals surface area contributed by atoms with Gasteiger partial charge in [0.25, 0.3) is 5.56 Å². The number of nitrogens with two attached hydrogens (primary N) is 1. The first-order valence-electron chi connectivity index (χ1n) is 8.82. The highest BCUT2D eigenvalue weighted by Gasteiger charge is 2.16. The van der Waals surface area contributed by atoms with Gasteiger partial charge in [-0.25, -0.2) is 4.98 Å². The Hall–Kier alpha value is -2.17. The van der Waals surface area contributed by atoms with Crippen molar-refractivity contribution in [2.45, 2.75) is 39.2 Å². The molecule has 5 heteroatoms. The van der Waals surface area contributed by atoms with Crippen molar-refractivity contribution in [3.05, 3.63) is 63.4 Å².